The number of aromatic nitrogens is 1. The fraction of sp³-hybridized carbons (Fsp3) is 0.643. The zero-order valence-corrected chi connectivity index (χ0v) is 10.8. The average molecular weight is 234 g/mol. The maximum Gasteiger partial charge on any atom is 0.138 e. The lowest BCUT2D eigenvalue weighted by molar-refractivity contribution is 0.241. The third-order valence-electron chi connectivity index (χ3n) is 3.07. The summed E-state index contributed by atoms with van der Waals surface area (Å²) in [5, 5.41) is 3.58. The van der Waals surface area contributed by atoms with E-state index in [1.54, 1.807) is 6.20 Å². The van der Waals surface area contributed by atoms with E-state index in [-0.39, 0.29) is 6.10 Å². The summed E-state index contributed by atoms with van der Waals surface area (Å²) >= 11 is 0. The van der Waals surface area contributed by atoms with E-state index in [1.165, 1.54) is 31.2 Å². The van der Waals surface area contributed by atoms with Crippen LogP contribution in [-0.4, -0.2) is 17.6 Å². The molecule has 2 heterocycles. The highest BCUT2D eigenvalue weighted by atomic mass is 16.5. The predicted octanol–water partition coefficient (Wildman–Crippen LogP) is 3.07. The molecule has 0 spiro atoms. The molecular weight excluding hydrogens is 212 g/mol. The van der Waals surface area contributed by atoms with Gasteiger partial charge in [0, 0.05) is 12.2 Å². The minimum absolute atomic E-state index is 0.203. The third kappa shape index (κ3) is 3.70. The lowest BCUT2D eigenvalue weighted by Gasteiger charge is -2.17. The lowest BCUT2D eigenvalue weighted by Crippen LogP contribution is -2.20. The highest BCUT2D eigenvalue weighted by Gasteiger charge is 2.14. The van der Waals surface area contributed by atoms with Crippen LogP contribution in [0.2, 0.25) is 0 Å². The quantitative estimate of drug-likeness (QED) is 0.872. The Morgan fingerprint density at radius 2 is 2.18 bits per heavy atom. The van der Waals surface area contributed by atoms with Crippen LogP contribution >= 0.6 is 0 Å². The molecule has 1 aromatic rings. The first kappa shape index (κ1) is 12.4. The number of hydrogen-bond donors (Lipinski definition) is 1. The van der Waals surface area contributed by atoms with Gasteiger partial charge in [-0.2, -0.15) is 0 Å². The van der Waals surface area contributed by atoms with Crippen LogP contribution in [0.1, 0.15) is 51.1 Å². The van der Waals surface area contributed by atoms with Gasteiger partial charge in [0.05, 0.1) is 12.3 Å². The van der Waals surface area contributed by atoms with E-state index in [4.69, 9.17) is 4.74 Å². The van der Waals surface area contributed by atoms with Crippen LogP contribution < -0.4 is 10.1 Å². The molecule has 0 bridgehead atoms. The Balaban J connectivity index is 2.08. The summed E-state index contributed by atoms with van der Waals surface area (Å²) in [6.45, 7) is 5.19. The minimum Gasteiger partial charge on any atom is -0.489 e. The normalized spacial score (nSPS) is 21.2. The van der Waals surface area contributed by atoms with Crippen molar-refractivity contribution >= 4 is 0 Å². The summed E-state index contributed by atoms with van der Waals surface area (Å²) in [4.78, 5) is 4.28. The van der Waals surface area contributed by atoms with E-state index >= 15 is 0 Å². The maximum atomic E-state index is 5.69. The summed E-state index contributed by atoms with van der Waals surface area (Å²) in [6, 6.07) is 2.57. The van der Waals surface area contributed by atoms with E-state index in [0.29, 0.717) is 6.04 Å². The van der Waals surface area contributed by atoms with E-state index in [0.717, 1.165) is 12.3 Å². The Kier molecular flexibility index (Phi) is 4.37. The molecule has 1 aromatic heterocycles. The SMILES string of the molecule is CC(C)Oc1cncc(C2CCCCCN2)c1. The van der Waals surface area contributed by atoms with Gasteiger partial charge in [-0.15, -0.1) is 0 Å². The highest BCUT2D eigenvalue weighted by molar-refractivity contribution is 5.26. The van der Waals surface area contributed by atoms with Gasteiger partial charge >= 0.3 is 0 Å². The van der Waals surface area contributed by atoms with Crippen molar-refractivity contribution in [3.8, 4) is 5.75 Å². The smallest absolute Gasteiger partial charge is 0.138 e. The van der Waals surface area contributed by atoms with Gasteiger partial charge in [-0.25, -0.2) is 0 Å². The Morgan fingerprint density at radius 3 is 3.00 bits per heavy atom. The van der Waals surface area contributed by atoms with Crippen LogP contribution in [0, 0.1) is 0 Å². The van der Waals surface area contributed by atoms with Gasteiger partial charge in [0.25, 0.3) is 0 Å². The lowest BCUT2D eigenvalue weighted by atomic mass is 10.0. The standard InChI is InChI=1S/C14H22N2O/c1-11(2)17-13-8-12(9-15-10-13)14-6-4-3-5-7-16-14/h8-11,14,16H,3-7H2,1-2H3. The molecule has 94 valence electrons. The molecule has 0 saturated carbocycles. The number of nitrogens with one attached hydrogen (secondary N) is 1. The van der Waals surface area contributed by atoms with Crippen molar-refractivity contribution < 1.29 is 4.74 Å². The Bertz CT molecular complexity index is 344. The van der Waals surface area contributed by atoms with Crippen LogP contribution in [0.4, 0.5) is 0 Å². The number of rotatable bonds is 3. The second-order valence-corrected chi connectivity index (χ2v) is 4.98. The van der Waals surface area contributed by atoms with Crippen molar-refractivity contribution in [3.63, 3.8) is 0 Å². The van der Waals surface area contributed by atoms with Gasteiger partial charge < -0.3 is 10.1 Å². The molecule has 3 heteroatoms. The second kappa shape index (κ2) is 6.01. The number of pyridine rings is 1. The summed E-state index contributed by atoms with van der Waals surface area (Å²) in [6.07, 6.45) is 9.07. The largest absolute Gasteiger partial charge is 0.489 e. The fourth-order valence-corrected chi connectivity index (χ4v) is 2.28. The van der Waals surface area contributed by atoms with Crippen molar-refractivity contribution in [1.82, 2.24) is 10.3 Å². The van der Waals surface area contributed by atoms with Crippen molar-refractivity contribution in [3.05, 3.63) is 24.0 Å². The van der Waals surface area contributed by atoms with Crippen molar-refractivity contribution in [1.29, 1.82) is 0 Å². The molecule has 0 aromatic carbocycles. The summed E-state index contributed by atoms with van der Waals surface area (Å²) in [5.41, 5.74) is 1.25. The first-order valence-electron chi connectivity index (χ1n) is 6.60. The molecule has 0 aliphatic carbocycles. The number of ether oxygens (including phenoxy) is 1. The highest BCUT2D eigenvalue weighted by Crippen LogP contribution is 2.24. The molecule has 1 fully saturated rings. The van der Waals surface area contributed by atoms with Crippen LogP contribution in [0.15, 0.2) is 18.5 Å². The van der Waals surface area contributed by atoms with E-state index in [2.05, 4.69) is 16.4 Å². The first-order valence-corrected chi connectivity index (χ1v) is 6.60. The summed E-state index contributed by atoms with van der Waals surface area (Å²) in [5.74, 6) is 0.878. The molecule has 1 aliphatic rings. The van der Waals surface area contributed by atoms with Crippen molar-refractivity contribution in [2.24, 2.45) is 0 Å². The van der Waals surface area contributed by atoms with Crippen LogP contribution in [0.25, 0.3) is 0 Å². The molecular formula is C14H22N2O. The molecule has 1 atom stereocenters. The molecule has 2 rings (SSSR count). The van der Waals surface area contributed by atoms with Gasteiger partial charge in [0.1, 0.15) is 5.75 Å². The molecule has 3 nitrogen and oxygen atoms in total. The number of hydrogen-bond acceptors (Lipinski definition) is 3. The summed E-state index contributed by atoms with van der Waals surface area (Å²) in [7, 11) is 0. The van der Waals surface area contributed by atoms with E-state index < -0.39 is 0 Å². The van der Waals surface area contributed by atoms with E-state index in [1.807, 2.05) is 20.0 Å². The Hall–Kier alpha value is -1.09. The van der Waals surface area contributed by atoms with Gasteiger partial charge in [-0.1, -0.05) is 12.8 Å². The molecule has 0 radical (unpaired) electrons. The van der Waals surface area contributed by atoms with Crippen molar-refractivity contribution in [2.45, 2.75) is 51.7 Å². The van der Waals surface area contributed by atoms with Gasteiger partial charge in [0.15, 0.2) is 0 Å². The first-order chi connectivity index (χ1) is 8.25. The minimum atomic E-state index is 0.203. The van der Waals surface area contributed by atoms with Gasteiger partial charge in [-0.05, 0) is 44.9 Å². The molecule has 17 heavy (non-hydrogen) atoms. The zero-order chi connectivity index (χ0) is 12.1. The van der Waals surface area contributed by atoms with Crippen LogP contribution in [-0.2, 0) is 0 Å². The topological polar surface area (TPSA) is 34.1 Å². The molecule has 1 aliphatic heterocycles. The molecule has 1 N–H and O–H groups in total. The number of nitrogens with zero attached hydrogens (tertiary/aromatic N) is 1. The molecule has 0 amide bonds. The van der Waals surface area contributed by atoms with Gasteiger partial charge in [0.2, 0.25) is 0 Å². The van der Waals surface area contributed by atoms with Crippen LogP contribution in [0.3, 0.4) is 0 Å². The fourth-order valence-electron chi connectivity index (χ4n) is 2.28. The summed E-state index contributed by atoms with van der Waals surface area (Å²) < 4.78 is 5.69. The monoisotopic (exact) mass is 234 g/mol. The molecule has 1 unspecified atom stereocenters. The van der Waals surface area contributed by atoms with Gasteiger partial charge in [-0.3, -0.25) is 4.98 Å². The zero-order valence-electron chi connectivity index (χ0n) is 10.8. The predicted molar refractivity (Wildman–Crippen MR) is 69.2 cm³/mol. The maximum absolute atomic E-state index is 5.69. The van der Waals surface area contributed by atoms with E-state index in [9.17, 15) is 0 Å². The molecule has 1 saturated heterocycles. The Morgan fingerprint density at radius 1 is 1.29 bits per heavy atom. The van der Waals surface area contributed by atoms with Crippen LogP contribution in [0.5, 0.6) is 5.75 Å². The van der Waals surface area contributed by atoms with Crippen molar-refractivity contribution in [2.75, 3.05) is 6.54 Å². The second-order valence-electron chi connectivity index (χ2n) is 4.98. The average Bonchev–Trinajstić information content (AvgIpc) is 2.57. The Labute approximate surface area is 104 Å². The third-order valence-corrected chi connectivity index (χ3v) is 3.07.